The third-order valence-electron chi connectivity index (χ3n) is 7.45. The van der Waals surface area contributed by atoms with Crippen LogP contribution >= 0.6 is 0 Å². The van der Waals surface area contributed by atoms with Gasteiger partial charge in [-0.1, -0.05) is 12.1 Å². The van der Waals surface area contributed by atoms with Gasteiger partial charge in [0.05, 0.1) is 12.1 Å². The molecular weight excluding hydrogens is 471 g/mol. The molecule has 1 saturated carbocycles. The van der Waals surface area contributed by atoms with Crippen LogP contribution in [0.3, 0.4) is 0 Å². The number of alkyl halides is 3. The number of hydrogen-bond acceptors (Lipinski definition) is 5. The van der Waals surface area contributed by atoms with Crippen LogP contribution in [-0.4, -0.2) is 31.3 Å². The van der Waals surface area contributed by atoms with Crippen molar-refractivity contribution in [2.45, 2.75) is 63.5 Å². The van der Waals surface area contributed by atoms with Gasteiger partial charge in [0, 0.05) is 30.4 Å². The monoisotopic (exact) mass is 499 g/mol. The van der Waals surface area contributed by atoms with Crippen molar-refractivity contribution in [1.82, 2.24) is 20.1 Å². The first-order chi connectivity index (χ1) is 16.9. The van der Waals surface area contributed by atoms with Gasteiger partial charge in [0.15, 0.2) is 5.82 Å². The van der Waals surface area contributed by atoms with Crippen LogP contribution in [0, 0.1) is 0 Å². The predicted molar refractivity (Wildman–Crippen MR) is 127 cm³/mol. The van der Waals surface area contributed by atoms with Crippen molar-refractivity contribution < 1.29 is 23.1 Å². The fraction of sp³-hybridized carbons (Fsp3) is 0.423. The largest absolute Gasteiger partial charge is 0.416 e. The minimum absolute atomic E-state index is 0.0310. The van der Waals surface area contributed by atoms with Crippen molar-refractivity contribution in [3.05, 3.63) is 76.4 Å². The van der Waals surface area contributed by atoms with E-state index >= 15 is 0 Å². The molecular formula is C26H28F3N5O2. The molecule has 1 aliphatic carbocycles. The highest BCUT2D eigenvalue weighted by atomic mass is 19.4. The minimum atomic E-state index is -4.59. The molecule has 1 amide bonds. The smallest absolute Gasteiger partial charge is 0.377 e. The van der Waals surface area contributed by atoms with Gasteiger partial charge < -0.3 is 19.9 Å². The van der Waals surface area contributed by atoms with Crippen molar-refractivity contribution >= 4 is 11.6 Å². The number of fused-ring (bicyclic) bond motifs is 1. The summed E-state index contributed by atoms with van der Waals surface area (Å²) in [6.45, 7) is 3.67. The molecule has 2 N–H and O–H groups in total. The number of nitrogens with zero attached hydrogens (tertiary/aromatic N) is 4. The zero-order chi connectivity index (χ0) is 25.9. The second-order valence-corrected chi connectivity index (χ2v) is 10.2. The SMILES string of the molecule is Cn1cnnc1[C@@](C)(O)c1cccc(N2Cc3c(cc(CNC4(C)CCC4)cc3C(F)(F)F)C2=O)c1. The highest BCUT2D eigenvalue weighted by Gasteiger charge is 2.41. The molecule has 0 saturated heterocycles. The lowest BCUT2D eigenvalue weighted by molar-refractivity contribution is -0.138. The van der Waals surface area contributed by atoms with Crippen molar-refractivity contribution in [1.29, 1.82) is 0 Å². The molecule has 0 spiro atoms. The molecule has 0 radical (unpaired) electrons. The summed E-state index contributed by atoms with van der Waals surface area (Å²) in [6.07, 6.45) is -0.0772. The third kappa shape index (κ3) is 4.18. The molecule has 3 aromatic rings. The number of halogens is 3. The van der Waals surface area contributed by atoms with E-state index in [4.69, 9.17) is 0 Å². The number of nitrogens with one attached hydrogen (secondary N) is 1. The molecule has 7 nitrogen and oxygen atoms in total. The van der Waals surface area contributed by atoms with Crippen LogP contribution in [0.25, 0.3) is 0 Å². The predicted octanol–water partition coefficient (Wildman–Crippen LogP) is 4.28. The molecule has 190 valence electrons. The van der Waals surface area contributed by atoms with E-state index in [-0.39, 0.29) is 29.8 Å². The van der Waals surface area contributed by atoms with E-state index in [2.05, 4.69) is 22.4 Å². The van der Waals surface area contributed by atoms with Crippen LogP contribution in [0.1, 0.15) is 71.5 Å². The van der Waals surface area contributed by atoms with Gasteiger partial charge in [0.25, 0.3) is 5.91 Å². The molecule has 1 aromatic heterocycles. The first-order valence-corrected chi connectivity index (χ1v) is 11.9. The number of aromatic nitrogens is 3. The van der Waals surface area contributed by atoms with Gasteiger partial charge in [-0.25, -0.2) is 0 Å². The Hall–Kier alpha value is -3.24. The second kappa shape index (κ2) is 8.41. The Balaban J connectivity index is 1.48. The number of amides is 1. The molecule has 2 aromatic carbocycles. The number of hydrogen-bond donors (Lipinski definition) is 2. The maximum absolute atomic E-state index is 14.0. The Morgan fingerprint density at radius 1 is 1.19 bits per heavy atom. The second-order valence-electron chi connectivity index (χ2n) is 10.2. The zero-order valence-corrected chi connectivity index (χ0v) is 20.4. The number of aliphatic hydroxyl groups is 1. The minimum Gasteiger partial charge on any atom is -0.377 e. The lowest BCUT2D eigenvalue weighted by Crippen LogP contribution is -2.47. The summed E-state index contributed by atoms with van der Waals surface area (Å²) in [7, 11) is 1.70. The van der Waals surface area contributed by atoms with Gasteiger partial charge in [-0.05, 0) is 74.1 Å². The van der Waals surface area contributed by atoms with E-state index in [9.17, 15) is 23.1 Å². The van der Waals surface area contributed by atoms with Gasteiger partial charge >= 0.3 is 6.18 Å². The standard InChI is InChI=1S/C26H28F3N5O2/c1-24(8-5-9-24)30-13-16-10-19-20(21(11-16)26(27,28)29)14-34(22(19)35)18-7-4-6-17(12-18)25(2,36)23-32-31-15-33(23)3/h4,6-7,10-12,15,30,36H,5,8-9,13-14H2,1-3H3/t25-/m0/s1. The Morgan fingerprint density at radius 3 is 2.56 bits per heavy atom. The zero-order valence-electron chi connectivity index (χ0n) is 20.4. The number of benzene rings is 2. The number of aryl methyl sites for hydroxylation is 1. The Labute approximate surface area is 207 Å². The maximum Gasteiger partial charge on any atom is 0.416 e. The van der Waals surface area contributed by atoms with E-state index in [1.165, 1.54) is 11.2 Å². The quantitative estimate of drug-likeness (QED) is 0.529. The first kappa shape index (κ1) is 24.5. The number of carbonyl (C=O) groups is 1. The molecule has 10 heteroatoms. The van der Waals surface area contributed by atoms with Gasteiger partial charge in [-0.3, -0.25) is 4.79 Å². The Morgan fingerprint density at radius 2 is 1.94 bits per heavy atom. The van der Waals surface area contributed by atoms with E-state index in [1.54, 1.807) is 48.9 Å². The van der Waals surface area contributed by atoms with Gasteiger partial charge in [0.2, 0.25) is 0 Å². The molecule has 1 aliphatic heterocycles. The fourth-order valence-electron chi connectivity index (χ4n) is 5.06. The van der Waals surface area contributed by atoms with Gasteiger partial charge in [0.1, 0.15) is 11.9 Å². The van der Waals surface area contributed by atoms with Gasteiger partial charge in [-0.15, -0.1) is 10.2 Å². The van der Waals surface area contributed by atoms with Crippen molar-refractivity contribution in [3.8, 4) is 0 Å². The van der Waals surface area contributed by atoms with Crippen LogP contribution in [0.2, 0.25) is 0 Å². The molecule has 2 heterocycles. The van der Waals surface area contributed by atoms with Crippen LogP contribution in [0.4, 0.5) is 18.9 Å². The van der Waals surface area contributed by atoms with Gasteiger partial charge in [-0.2, -0.15) is 13.2 Å². The normalized spacial score (nSPS) is 18.6. The van der Waals surface area contributed by atoms with Crippen LogP contribution in [0.15, 0.2) is 42.7 Å². The van der Waals surface area contributed by atoms with E-state index in [0.29, 0.717) is 22.6 Å². The van der Waals surface area contributed by atoms with Crippen molar-refractivity contribution in [2.75, 3.05) is 4.90 Å². The average Bonchev–Trinajstić information content (AvgIpc) is 3.39. The highest BCUT2D eigenvalue weighted by Crippen LogP contribution is 2.40. The molecule has 0 unspecified atom stereocenters. The average molecular weight is 500 g/mol. The summed E-state index contributed by atoms with van der Waals surface area (Å²) in [5.41, 5.74) is -1.09. The molecule has 5 rings (SSSR count). The summed E-state index contributed by atoms with van der Waals surface area (Å²) in [5, 5.41) is 22.3. The Bertz CT molecular complexity index is 1330. The van der Waals surface area contributed by atoms with Crippen molar-refractivity contribution in [3.63, 3.8) is 0 Å². The molecule has 36 heavy (non-hydrogen) atoms. The Kier molecular flexibility index (Phi) is 5.72. The summed E-state index contributed by atoms with van der Waals surface area (Å²) >= 11 is 0. The molecule has 1 fully saturated rings. The van der Waals surface area contributed by atoms with Crippen LogP contribution in [-0.2, 0) is 31.9 Å². The summed E-state index contributed by atoms with van der Waals surface area (Å²) in [5.74, 6) is -0.199. The lowest BCUT2D eigenvalue weighted by Gasteiger charge is -2.39. The third-order valence-corrected chi connectivity index (χ3v) is 7.45. The number of rotatable bonds is 6. The highest BCUT2D eigenvalue weighted by molar-refractivity contribution is 6.10. The van der Waals surface area contributed by atoms with Crippen molar-refractivity contribution in [2.24, 2.45) is 7.05 Å². The maximum atomic E-state index is 14.0. The van der Waals surface area contributed by atoms with E-state index < -0.39 is 23.2 Å². The lowest BCUT2D eigenvalue weighted by atomic mass is 9.78. The van der Waals surface area contributed by atoms with E-state index in [0.717, 1.165) is 25.3 Å². The molecule has 2 aliphatic rings. The first-order valence-electron chi connectivity index (χ1n) is 11.9. The number of anilines is 1. The molecule has 1 atom stereocenters. The topological polar surface area (TPSA) is 83.3 Å². The number of carbonyl (C=O) groups excluding carboxylic acids is 1. The van der Waals surface area contributed by atoms with Crippen LogP contribution in [0.5, 0.6) is 0 Å². The summed E-state index contributed by atoms with van der Waals surface area (Å²) in [6, 6.07) is 9.31. The van der Waals surface area contributed by atoms with E-state index in [1.807, 2.05) is 0 Å². The molecule has 0 bridgehead atoms. The fourth-order valence-corrected chi connectivity index (χ4v) is 5.06. The summed E-state index contributed by atoms with van der Waals surface area (Å²) < 4.78 is 43.7. The summed E-state index contributed by atoms with van der Waals surface area (Å²) in [4.78, 5) is 14.7. The van der Waals surface area contributed by atoms with Crippen LogP contribution < -0.4 is 10.2 Å².